The highest BCUT2D eigenvalue weighted by atomic mass is 32.1. The highest BCUT2D eigenvalue weighted by Crippen LogP contribution is 2.33. The van der Waals surface area contributed by atoms with Crippen LogP contribution in [-0.4, -0.2) is 29.3 Å². The minimum atomic E-state index is -4.73. The molecular formula is C21H15F3N4O3S. The maximum atomic E-state index is 12.3. The van der Waals surface area contributed by atoms with Gasteiger partial charge in [-0.3, -0.25) is 9.78 Å². The zero-order valence-corrected chi connectivity index (χ0v) is 17.3. The van der Waals surface area contributed by atoms with Crippen LogP contribution in [0.25, 0.3) is 10.2 Å². The molecule has 2 aromatic carbocycles. The third-order valence-corrected chi connectivity index (χ3v) is 5.08. The van der Waals surface area contributed by atoms with Gasteiger partial charge < -0.3 is 20.1 Å². The second-order valence-electron chi connectivity index (χ2n) is 6.40. The third kappa shape index (κ3) is 5.24. The molecule has 4 rings (SSSR count). The summed E-state index contributed by atoms with van der Waals surface area (Å²) in [5, 5.41) is 6.12. The molecule has 32 heavy (non-hydrogen) atoms. The average molecular weight is 460 g/mol. The Labute approximate surface area is 183 Å². The number of rotatable bonds is 6. The largest absolute Gasteiger partial charge is 0.573 e. The second-order valence-corrected chi connectivity index (χ2v) is 7.43. The minimum absolute atomic E-state index is 0.234. The number of alkyl halides is 3. The summed E-state index contributed by atoms with van der Waals surface area (Å²) in [7, 11) is 1.52. The van der Waals surface area contributed by atoms with E-state index < -0.39 is 6.36 Å². The van der Waals surface area contributed by atoms with Crippen molar-refractivity contribution in [2.45, 2.75) is 6.36 Å². The smallest absolute Gasteiger partial charge is 0.457 e. The molecule has 0 atom stereocenters. The number of halogens is 3. The summed E-state index contributed by atoms with van der Waals surface area (Å²) in [5.41, 5.74) is 1.47. The predicted molar refractivity (Wildman–Crippen MR) is 114 cm³/mol. The maximum absolute atomic E-state index is 12.3. The van der Waals surface area contributed by atoms with Gasteiger partial charge in [-0.15, -0.1) is 13.2 Å². The summed E-state index contributed by atoms with van der Waals surface area (Å²) in [6.45, 7) is 0. The predicted octanol–water partition coefficient (Wildman–Crippen LogP) is 5.49. The Morgan fingerprint density at radius 2 is 1.72 bits per heavy atom. The Hall–Kier alpha value is -3.86. The molecule has 7 nitrogen and oxygen atoms in total. The van der Waals surface area contributed by atoms with Gasteiger partial charge in [0.05, 0.1) is 10.2 Å². The van der Waals surface area contributed by atoms with Gasteiger partial charge in [0.1, 0.15) is 22.9 Å². The summed E-state index contributed by atoms with van der Waals surface area (Å²) < 4.78 is 47.4. The van der Waals surface area contributed by atoms with E-state index in [1.165, 1.54) is 54.9 Å². The van der Waals surface area contributed by atoms with E-state index in [-0.39, 0.29) is 17.4 Å². The minimum Gasteiger partial charge on any atom is -0.457 e. The van der Waals surface area contributed by atoms with Gasteiger partial charge in [0.25, 0.3) is 5.91 Å². The number of ether oxygens (including phenoxy) is 2. The van der Waals surface area contributed by atoms with Crippen LogP contribution in [-0.2, 0) is 0 Å². The summed E-state index contributed by atoms with van der Waals surface area (Å²) >= 11 is 1.38. The SMILES string of the molecule is CNC(=O)c1cc(Oc2ccc3sc(Nc4ccc(OC(F)(F)F)cc4)nc3c2)ccn1. The highest BCUT2D eigenvalue weighted by molar-refractivity contribution is 7.22. The van der Waals surface area contributed by atoms with Crippen molar-refractivity contribution in [1.29, 1.82) is 0 Å². The molecule has 0 radical (unpaired) electrons. The van der Waals surface area contributed by atoms with E-state index in [2.05, 4.69) is 25.3 Å². The Kier molecular flexibility index (Phi) is 5.82. The van der Waals surface area contributed by atoms with Crippen LogP contribution < -0.4 is 20.1 Å². The average Bonchev–Trinajstić information content (AvgIpc) is 3.15. The molecule has 0 spiro atoms. The van der Waals surface area contributed by atoms with E-state index in [0.29, 0.717) is 27.8 Å². The number of anilines is 2. The number of carbonyl (C=O) groups excluding carboxylic acids is 1. The van der Waals surface area contributed by atoms with E-state index in [1.807, 2.05) is 6.07 Å². The second kappa shape index (κ2) is 8.71. The van der Waals surface area contributed by atoms with Crippen molar-refractivity contribution in [2.24, 2.45) is 0 Å². The molecule has 0 saturated carbocycles. The van der Waals surface area contributed by atoms with Gasteiger partial charge in [0.15, 0.2) is 5.13 Å². The lowest BCUT2D eigenvalue weighted by molar-refractivity contribution is -0.274. The van der Waals surface area contributed by atoms with Gasteiger partial charge >= 0.3 is 6.36 Å². The normalized spacial score (nSPS) is 11.2. The number of fused-ring (bicyclic) bond motifs is 1. The van der Waals surface area contributed by atoms with Crippen molar-refractivity contribution < 1.29 is 27.4 Å². The van der Waals surface area contributed by atoms with Gasteiger partial charge in [-0.1, -0.05) is 11.3 Å². The number of carbonyl (C=O) groups is 1. The number of nitrogens with zero attached hydrogens (tertiary/aromatic N) is 2. The molecule has 11 heteroatoms. The lowest BCUT2D eigenvalue weighted by Gasteiger charge is -2.09. The van der Waals surface area contributed by atoms with Crippen molar-refractivity contribution in [2.75, 3.05) is 12.4 Å². The van der Waals surface area contributed by atoms with Gasteiger partial charge in [-0.05, 0) is 42.5 Å². The van der Waals surface area contributed by atoms with Crippen LogP contribution in [0.3, 0.4) is 0 Å². The van der Waals surface area contributed by atoms with Crippen molar-refractivity contribution in [3.05, 3.63) is 66.5 Å². The Balaban J connectivity index is 1.48. The first-order valence-corrected chi connectivity index (χ1v) is 10.0. The van der Waals surface area contributed by atoms with Crippen LogP contribution in [0.4, 0.5) is 24.0 Å². The molecule has 0 fully saturated rings. The molecule has 2 aromatic heterocycles. The lowest BCUT2D eigenvalue weighted by Crippen LogP contribution is -2.18. The van der Waals surface area contributed by atoms with Gasteiger partial charge in [-0.2, -0.15) is 0 Å². The monoisotopic (exact) mass is 460 g/mol. The van der Waals surface area contributed by atoms with Crippen LogP contribution in [0.15, 0.2) is 60.8 Å². The zero-order valence-electron chi connectivity index (χ0n) is 16.4. The van der Waals surface area contributed by atoms with Crippen LogP contribution in [0.5, 0.6) is 17.2 Å². The van der Waals surface area contributed by atoms with E-state index in [0.717, 1.165) is 4.70 Å². The van der Waals surface area contributed by atoms with Gasteiger partial charge in [0.2, 0.25) is 0 Å². The standard InChI is InChI=1S/C21H15F3N4O3S/c1-25-19(29)17-11-15(8-9-26-17)30-14-6-7-18-16(10-14)28-20(32-18)27-12-2-4-13(5-3-12)31-21(22,23)24/h2-11H,1H3,(H,25,29)(H,27,28). The highest BCUT2D eigenvalue weighted by Gasteiger charge is 2.30. The summed E-state index contributed by atoms with van der Waals surface area (Å²) in [5.74, 6) is 0.355. The molecule has 164 valence electrons. The van der Waals surface area contributed by atoms with E-state index >= 15 is 0 Å². The molecule has 4 aromatic rings. The molecule has 0 unspecified atom stereocenters. The van der Waals surface area contributed by atoms with Crippen molar-refractivity contribution in [3.63, 3.8) is 0 Å². The fourth-order valence-corrected chi connectivity index (χ4v) is 3.62. The van der Waals surface area contributed by atoms with E-state index in [1.54, 1.807) is 18.2 Å². The third-order valence-electron chi connectivity index (χ3n) is 4.13. The maximum Gasteiger partial charge on any atom is 0.573 e. The number of nitrogens with one attached hydrogen (secondary N) is 2. The van der Waals surface area contributed by atoms with Crippen molar-refractivity contribution in [3.8, 4) is 17.2 Å². The Bertz CT molecular complexity index is 1260. The number of amides is 1. The number of benzene rings is 2. The van der Waals surface area contributed by atoms with E-state index in [9.17, 15) is 18.0 Å². The molecule has 1 amide bonds. The Morgan fingerprint density at radius 1 is 1.00 bits per heavy atom. The summed E-state index contributed by atoms with van der Waals surface area (Å²) in [6.07, 6.45) is -3.25. The first-order valence-electron chi connectivity index (χ1n) is 9.18. The van der Waals surface area contributed by atoms with Crippen LogP contribution in [0, 0.1) is 0 Å². The molecule has 0 aliphatic carbocycles. The molecule has 0 saturated heterocycles. The topological polar surface area (TPSA) is 85.4 Å². The van der Waals surface area contributed by atoms with Gasteiger partial charge in [-0.25, -0.2) is 4.98 Å². The van der Waals surface area contributed by atoms with Crippen LogP contribution in [0.1, 0.15) is 10.5 Å². The Morgan fingerprint density at radius 3 is 2.44 bits per heavy atom. The van der Waals surface area contributed by atoms with Crippen LogP contribution in [0.2, 0.25) is 0 Å². The molecule has 0 aliphatic heterocycles. The zero-order chi connectivity index (χ0) is 22.7. The number of pyridine rings is 1. The number of thiazole rings is 1. The quantitative estimate of drug-likeness (QED) is 0.396. The molecule has 0 aliphatic rings. The summed E-state index contributed by atoms with van der Waals surface area (Å²) in [6, 6.07) is 13.9. The molecule has 2 heterocycles. The molecule has 0 bridgehead atoms. The number of hydrogen-bond acceptors (Lipinski definition) is 7. The molecular weight excluding hydrogens is 445 g/mol. The fourth-order valence-electron chi connectivity index (χ4n) is 2.75. The van der Waals surface area contributed by atoms with E-state index in [4.69, 9.17) is 4.74 Å². The first-order chi connectivity index (χ1) is 15.3. The van der Waals surface area contributed by atoms with Gasteiger partial charge in [0, 0.05) is 31.1 Å². The fraction of sp³-hybridized carbons (Fsp3) is 0.0952. The number of hydrogen-bond donors (Lipinski definition) is 2. The lowest BCUT2D eigenvalue weighted by atomic mass is 10.3. The molecule has 2 N–H and O–H groups in total. The van der Waals surface area contributed by atoms with Crippen molar-refractivity contribution in [1.82, 2.24) is 15.3 Å². The number of aromatic nitrogens is 2. The van der Waals surface area contributed by atoms with Crippen LogP contribution >= 0.6 is 11.3 Å². The summed E-state index contributed by atoms with van der Waals surface area (Å²) in [4.78, 5) is 20.2. The van der Waals surface area contributed by atoms with Crippen molar-refractivity contribution >= 4 is 38.3 Å². The first kappa shape index (κ1) is 21.4.